The van der Waals surface area contributed by atoms with Crippen molar-refractivity contribution in [2.75, 3.05) is 0 Å². The molecule has 0 aliphatic carbocycles. The molecule has 0 saturated carbocycles. The Morgan fingerprint density at radius 2 is 2.04 bits per heavy atom. The zero-order valence-corrected chi connectivity index (χ0v) is 14.1. The van der Waals surface area contributed by atoms with Crippen molar-refractivity contribution in [3.63, 3.8) is 0 Å². The largest absolute Gasteiger partial charge is 0.343 e. The highest BCUT2D eigenvalue weighted by atomic mass is 16.2. The van der Waals surface area contributed by atoms with E-state index in [1.54, 1.807) is 6.07 Å². The van der Waals surface area contributed by atoms with Crippen LogP contribution >= 0.6 is 0 Å². The molecule has 2 N–H and O–H groups in total. The normalized spacial score (nSPS) is 12.1. The maximum Gasteiger partial charge on any atom is 0.269 e. The van der Waals surface area contributed by atoms with Crippen molar-refractivity contribution in [2.24, 2.45) is 0 Å². The number of nitrogens with one attached hydrogen (secondary N) is 2. The predicted molar refractivity (Wildman–Crippen MR) is 92.5 cm³/mol. The smallest absolute Gasteiger partial charge is 0.269 e. The Hall–Kier alpha value is -2.89. The van der Waals surface area contributed by atoms with Gasteiger partial charge in [0.15, 0.2) is 0 Å². The molecule has 0 radical (unpaired) electrons. The second-order valence-corrected chi connectivity index (χ2v) is 5.82. The second kappa shape index (κ2) is 6.70. The molecule has 2 aromatic heterocycles. The molecular weight excluding hydrogens is 302 g/mol. The maximum absolute atomic E-state index is 12.4. The second-order valence-electron chi connectivity index (χ2n) is 5.82. The van der Waals surface area contributed by atoms with E-state index >= 15 is 0 Å². The van der Waals surface area contributed by atoms with Gasteiger partial charge in [-0.15, -0.1) is 0 Å². The van der Waals surface area contributed by atoms with Crippen molar-refractivity contribution in [3.05, 3.63) is 59.5 Å². The lowest BCUT2D eigenvalue weighted by atomic mass is 10.1. The zero-order valence-electron chi connectivity index (χ0n) is 14.1. The zero-order chi connectivity index (χ0) is 17.1. The molecule has 6 heteroatoms. The number of hydrogen-bond acceptors (Lipinski definition) is 3. The molecule has 6 nitrogen and oxygen atoms in total. The minimum absolute atomic E-state index is 0.170. The van der Waals surface area contributed by atoms with Crippen LogP contribution in [0.15, 0.2) is 42.6 Å². The number of rotatable bonds is 5. The van der Waals surface area contributed by atoms with E-state index in [1.165, 1.54) is 5.56 Å². The Bertz CT molecular complexity index is 831. The van der Waals surface area contributed by atoms with Gasteiger partial charge in [0.1, 0.15) is 5.69 Å². The molecule has 124 valence electrons. The Morgan fingerprint density at radius 1 is 1.29 bits per heavy atom. The van der Waals surface area contributed by atoms with Crippen LogP contribution in [0.1, 0.15) is 41.6 Å². The lowest BCUT2D eigenvalue weighted by Crippen LogP contribution is -2.27. The average molecular weight is 323 g/mol. The molecular formula is C18H21N5O. The Kier molecular flexibility index (Phi) is 4.46. The molecule has 0 aliphatic heterocycles. The van der Waals surface area contributed by atoms with Gasteiger partial charge in [-0.1, -0.05) is 29.8 Å². The van der Waals surface area contributed by atoms with Crippen molar-refractivity contribution in [1.82, 2.24) is 25.3 Å². The number of hydrogen-bond donors (Lipinski definition) is 2. The van der Waals surface area contributed by atoms with Gasteiger partial charge in [0.25, 0.3) is 5.91 Å². The monoisotopic (exact) mass is 323 g/mol. The first kappa shape index (κ1) is 16.0. The molecule has 0 aliphatic rings. The van der Waals surface area contributed by atoms with Gasteiger partial charge in [0.2, 0.25) is 0 Å². The van der Waals surface area contributed by atoms with Crippen LogP contribution in [0.4, 0.5) is 0 Å². The number of carbonyl (C=O) groups is 1. The maximum atomic E-state index is 12.4. The molecule has 0 fully saturated rings. The molecule has 0 spiro atoms. The van der Waals surface area contributed by atoms with Crippen molar-refractivity contribution in [2.45, 2.75) is 33.4 Å². The van der Waals surface area contributed by atoms with E-state index < -0.39 is 0 Å². The van der Waals surface area contributed by atoms with Crippen LogP contribution < -0.4 is 5.32 Å². The van der Waals surface area contributed by atoms with E-state index in [-0.39, 0.29) is 11.9 Å². The van der Waals surface area contributed by atoms with Crippen molar-refractivity contribution >= 4 is 5.91 Å². The molecule has 1 atom stereocenters. The van der Waals surface area contributed by atoms with Crippen LogP contribution in [0.3, 0.4) is 0 Å². The van der Waals surface area contributed by atoms with E-state index in [2.05, 4.69) is 20.6 Å². The van der Waals surface area contributed by atoms with Crippen molar-refractivity contribution < 1.29 is 4.79 Å². The van der Waals surface area contributed by atoms with Crippen molar-refractivity contribution in [3.8, 4) is 11.3 Å². The number of aromatic amines is 1. The Labute approximate surface area is 140 Å². The number of nitrogens with zero attached hydrogens (tertiary/aromatic N) is 3. The van der Waals surface area contributed by atoms with E-state index in [4.69, 9.17) is 0 Å². The Morgan fingerprint density at radius 3 is 2.71 bits per heavy atom. The third kappa shape index (κ3) is 3.37. The Balaban J connectivity index is 1.70. The highest BCUT2D eigenvalue weighted by molar-refractivity contribution is 5.93. The quantitative estimate of drug-likeness (QED) is 0.757. The van der Waals surface area contributed by atoms with Crippen LogP contribution in [0.2, 0.25) is 0 Å². The summed E-state index contributed by atoms with van der Waals surface area (Å²) in [5.41, 5.74) is 4.19. The van der Waals surface area contributed by atoms with Gasteiger partial charge in [0.05, 0.1) is 17.4 Å². The van der Waals surface area contributed by atoms with Gasteiger partial charge < -0.3 is 5.32 Å². The van der Waals surface area contributed by atoms with Gasteiger partial charge in [-0.2, -0.15) is 10.2 Å². The summed E-state index contributed by atoms with van der Waals surface area (Å²) in [7, 11) is 0. The predicted octanol–water partition coefficient (Wildman–Crippen LogP) is 3.09. The van der Waals surface area contributed by atoms with Gasteiger partial charge in [-0.3, -0.25) is 14.6 Å². The molecule has 0 bridgehead atoms. The lowest BCUT2D eigenvalue weighted by molar-refractivity contribution is 0.0934. The molecule has 3 aromatic rings. The average Bonchev–Trinajstić information content (AvgIpc) is 3.25. The number of H-pyrrole nitrogens is 1. The molecule has 24 heavy (non-hydrogen) atoms. The minimum atomic E-state index is -0.195. The van der Waals surface area contributed by atoms with Crippen LogP contribution in [0.5, 0.6) is 0 Å². The van der Waals surface area contributed by atoms with Crippen LogP contribution in [0.25, 0.3) is 11.3 Å². The third-order valence-electron chi connectivity index (χ3n) is 3.95. The fourth-order valence-corrected chi connectivity index (χ4v) is 2.44. The number of aromatic nitrogens is 4. The first-order valence-electron chi connectivity index (χ1n) is 8.03. The third-order valence-corrected chi connectivity index (χ3v) is 3.95. The van der Waals surface area contributed by atoms with Crippen LogP contribution in [-0.2, 0) is 6.54 Å². The van der Waals surface area contributed by atoms with E-state index in [0.717, 1.165) is 23.5 Å². The van der Waals surface area contributed by atoms with Gasteiger partial charge in [-0.25, -0.2) is 0 Å². The number of aryl methyl sites for hydroxylation is 2. The topological polar surface area (TPSA) is 75.6 Å². The first-order chi connectivity index (χ1) is 11.6. The summed E-state index contributed by atoms with van der Waals surface area (Å²) in [6, 6.07) is 11.5. The molecule has 1 aromatic carbocycles. The van der Waals surface area contributed by atoms with Crippen LogP contribution in [-0.4, -0.2) is 25.9 Å². The highest BCUT2D eigenvalue weighted by Crippen LogP contribution is 2.18. The summed E-state index contributed by atoms with van der Waals surface area (Å²) >= 11 is 0. The fourth-order valence-electron chi connectivity index (χ4n) is 2.44. The first-order valence-corrected chi connectivity index (χ1v) is 8.03. The number of carbonyl (C=O) groups excluding carboxylic acids is 1. The molecule has 2 heterocycles. The van der Waals surface area contributed by atoms with Crippen molar-refractivity contribution in [1.29, 1.82) is 0 Å². The summed E-state index contributed by atoms with van der Waals surface area (Å²) in [6.45, 7) is 6.78. The van der Waals surface area contributed by atoms with E-state index in [1.807, 2.05) is 62.0 Å². The summed E-state index contributed by atoms with van der Waals surface area (Å²) in [4.78, 5) is 12.4. The van der Waals surface area contributed by atoms with Gasteiger partial charge in [-0.05, 0) is 32.9 Å². The molecule has 0 saturated heterocycles. The number of benzene rings is 1. The highest BCUT2D eigenvalue weighted by Gasteiger charge is 2.16. The summed E-state index contributed by atoms with van der Waals surface area (Å²) < 4.78 is 1.84. The summed E-state index contributed by atoms with van der Waals surface area (Å²) in [5.74, 6) is -0.195. The van der Waals surface area contributed by atoms with Gasteiger partial charge in [0, 0.05) is 18.3 Å². The molecule has 1 amide bonds. The lowest BCUT2D eigenvalue weighted by Gasteiger charge is -2.10. The molecule has 3 rings (SSSR count). The summed E-state index contributed by atoms with van der Waals surface area (Å²) in [5, 5.41) is 14.4. The van der Waals surface area contributed by atoms with Gasteiger partial charge >= 0.3 is 0 Å². The minimum Gasteiger partial charge on any atom is -0.343 e. The van der Waals surface area contributed by atoms with E-state index in [9.17, 15) is 4.79 Å². The fraction of sp³-hybridized carbons (Fsp3) is 0.278. The summed E-state index contributed by atoms with van der Waals surface area (Å²) in [6.07, 6.45) is 1.91. The SMILES string of the molecule is CCn1ccc(C(C)NC(=O)c2cc(-c3ccc(C)cc3)n[nH]2)n1. The number of amides is 1. The van der Waals surface area contributed by atoms with Crippen LogP contribution in [0, 0.1) is 6.92 Å². The molecule has 1 unspecified atom stereocenters. The van der Waals surface area contributed by atoms with E-state index in [0.29, 0.717) is 5.69 Å². The standard InChI is InChI=1S/C18H21N5O/c1-4-23-10-9-15(22-23)13(3)19-18(24)17-11-16(20-21-17)14-7-5-12(2)6-8-14/h5-11,13H,4H2,1-3H3,(H,19,24)(H,20,21).